The zero-order valence-electron chi connectivity index (χ0n) is 9.53. The van der Waals surface area contributed by atoms with Crippen LogP contribution < -0.4 is 5.73 Å². The van der Waals surface area contributed by atoms with Crippen molar-refractivity contribution >= 4 is 11.6 Å². The van der Waals surface area contributed by atoms with Gasteiger partial charge in [0, 0.05) is 18.7 Å². The van der Waals surface area contributed by atoms with Gasteiger partial charge in [-0.2, -0.15) is 0 Å². The first-order chi connectivity index (χ1) is 8.10. The Morgan fingerprint density at radius 3 is 2.41 bits per heavy atom. The normalized spacial score (nSPS) is 9.71. The van der Waals surface area contributed by atoms with Crippen LogP contribution in [0.3, 0.4) is 0 Å². The SMILES string of the molecule is C=CCN(CC=C)C(=O)c1ccc(F)c(N)c1. The van der Waals surface area contributed by atoms with Crippen LogP contribution in [0.2, 0.25) is 0 Å². The van der Waals surface area contributed by atoms with E-state index in [2.05, 4.69) is 13.2 Å². The highest BCUT2D eigenvalue weighted by Gasteiger charge is 2.14. The number of amides is 1. The molecule has 1 aromatic rings. The van der Waals surface area contributed by atoms with Crippen molar-refractivity contribution in [1.29, 1.82) is 0 Å². The van der Waals surface area contributed by atoms with Gasteiger partial charge in [0.15, 0.2) is 0 Å². The highest BCUT2D eigenvalue weighted by molar-refractivity contribution is 5.95. The lowest BCUT2D eigenvalue weighted by molar-refractivity contribution is 0.0791. The van der Waals surface area contributed by atoms with Gasteiger partial charge in [-0.15, -0.1) is 13.2 Å². The molecular formula is C13H15FN2O. The van der Waals surface area contributed by atoms with Crippen molar-refractivity contribution in [2.24, 2.45) is 0 Å². The lowest BCUT2D eigenvalue weighted by atomic mass is 10.1. The van der Waals surface area contributed by atoms with E-state index in [0.29, 0.717) is 18.7 Å². The lowest BCUT2D eigenvalue weighted by Gasteiger charge is -2.19. The second kappa shape index (κ2) is 5.84. The van der Waals surface area contributed by atoms with Crippen LogP contribution in [0.25, 0.3) is 0 Å². The van der Waals surface area contributed by atoms with Gasteiger partial charge < -0.3 is 10.6 Å². The molecule has 0 aliphatic carbocycles. The number of nitrogens with two attached hydrogens (primary N) is 1. The fourth-order valence-corrected chi connectivity index (χ4v) is 1.41. The Balaban J connectivity index is 2.95. The number of nitrogens with zero attached hydrogens (tertiary/aromatic N) is 1. The number of carbonyl (C=O) groups excluding carboxylic acids is 1. The Hall–Kier alpha value is -2.10. The average molecular weight is 234 g/mol. The minimum absolute atomic E-state index is 0.0343. The van der Waals surface area contributed by atoms with E-state index in [9.17, 15) is 9.18 Å². The molecule has 0 heterocycles. The molecule has 0 aliphatic heterocycles. The van der Waals surface area contributed by atoms with E-state index in [1.54, 1.807) is 12.2 Å². The minimum atomic E-state index is -0.527. The molecule has 0 aromatic heterocycles. The zero-order chi connectivity index (χ0) is 12.8. The van der Waals surface area contributed by atoms with E-state index in [1.165, 1.54) is 23.1 Å². The quantitative estimate of drug-likeness (QED) is 0.627. The van der Waals surface area contributed by atoms with Gasteiger partial charge >= 0.3 is 0 Å². The van der Waals surface area contributed by atoms with Crippen molar-refractivity contribution in [3.05, 3.63) is 54.9 Å². The van der Waals surface area contributed by atoms with Gasteiger partial charge in [-0.3, -0.25) is 4.79 Å². The number of benzene rings is 1. The van der Waals surface area contributed by atoms with E-state index in [4.69, 9.17) is 5.73 Å². The summed E-state index contributed by atoms with van der Waals surface area (Å²) in [5.41, 5.74) is 5.74. The lowest BCUT2D eigenvalue weighted by Crippen LogP contribution is -2.31. The fourth-order valence-electron chi connectivity index (χ4n) is 1.41. The monoisotopic (exact) mass is 234 g/mol. The molecule has 1 rings (SSSR count). The van der Waals surface area contributed by atoms with Gasteiger partial charge in [-0.05, 0) is 18.2 Å². The predicted molar refractivity (Wildman–Crippen MR) is 67.1 cm³/mol. The first-order valence-electron chi connectivity index (χ1n) is 5.16. The molecule has 4 heteroatoms. The fraction of sp³-hybridized carbons (Fsp3) is 0.154. The maximum atomic E-state index is 13.0. The number of carbonyl (C=O) groups is 1. The topological polar surface area (TPSA) is 46.3 Å². The van der Waals surface area contributed by atoms with Crippen molar-refractivity contribution < 1.29 is 9.18 Å². The number of halogens is 1. The Kier molecular flexibility index (Phi) is 4.46. The Bertz CT molecular complexity index is 433. The molecule has 1 amide bonds. The van der Waals surface area contributed by atoms with Crippen molar-refractivity contribution in [1.82, 2.24) is 4.90 Å². The van der Waals surface area contributed by atoms with Crippen LogP contribution in [0.5, 0.6) is 0 Å². The van der Waals surface area contributed by atoms with Crippen LogP contribution in [0.15, 0.2) is 43.5 Å². The summed E-state index contributed by atoms with van der Waals surface area (Å²) in [5.74, 6) is -0.753. The number of rotatable bonds is 5. The molecule has 3 nitrogen and oxygen atoms in total. The molecule has 0 aliphatic rings. The Morgan fingerprint density at radius 1 is 1.35 bits per heavy atom. The number of hydrogen-bond donors (Lipinski definition) is 1. The molecule has 0 unspecified atom stereocenters. The van der Waals surface area contributed by atoms with Crippen LogP contribution in [-0.4, -0.2) is 23.9 Å². The van der Waals surface area contributed by atoms with E-state index in [1.807, 2.05) is 0 Å². The summed E-state index contributed by atoms with van der Waals surface area (Å²) in [6.07, 6.45) is 3.24. The summed E-state index contributed by atoms with van der Waals surface area (Å²) >= 11 is 0. The van der Waals surface area contributed by atoms with Crippen LogP contribution in [0, 0.1) is 5.82 Å². The predicted octanol–water partition coefficient (Wildman–Crippen LogP) is 2.22. The van der Waals surface area contributed by atoms with Crippen LogP contribution in [0.1, 0.15) is 10.4 Å². The average Bonchev–Trinajstić information content (AvgIpc) is 2.31. The van der Waals surface area contributed by atoms with Gasteiger partial charge in [0.25, 0.3) is 5.91 Å². The van der Waals surface area contributed by atoms with E-state index in [-0.39, 0.29) is 11.6 Å². The molecule has 0 spiro atoms. The second-order valence-electron chi connectivity index (χ2n) is 3.52. The van der Waals surface area contributed by atoms with Crippen LogP contribution in [-0.2, 0) is 0 Å². The summed E-state index contributed by atoms with van der Waals surface area (Å²) in [6.45, 7) is 7.96. The van der Waals surface area contributed by atoms with Gasteiger partial charge in [0.2, 0.25) is 0 Å². The first kappa shape index (κ1) is 13.0. The van der Waals surface area contributed by atoms with Crippen LogP contribution >= 0.6 is 0 Å². The molecule has 0 saturated carbocycles. The summed E-state index contributed by atoms with van der Waals surface area (Å²) < 4.78 is 13.0. The van der Waals surface area contributed by atoms with E-state index < -0.39 is 5.82 Å². The molecule has 2 N–H and O–H groups in total. The zero-order valence-corrected chi connectivity index (χ0v) is 9.53. The molecule has 0 saturated heterocycles. The summed E-state index contributed by atoms with van der Waals surface area (Å²) in [5, 5.41) is 0. The van der Waals surface area contributed by atoms with Gasteiger partial charge in [-0.1, -0.05) is 12.2 Å². The molecule has 90 valence electrons. The van der Waals surface area contributed by atoms with Crippen molar-refractivity contribution in [3.63, 3.8) is 0 Å². The highest BCUT2D eigenvalue weighted by atomic mass is 19.1. The third-order valence-corrected chi connectivity index (χ3v) is 2.23. The van der Waals surface area contributed by atoms with Crippen molar-refractivity contribution in [3.8, 4) is 0 Å². The molecule has 0 fully saturated rings. The number of anilines is 1. The smallest absolute Gasteiger partial charge is 0.254 e. The molecule has 0 bridgehead atoms. The third kappa shape index (κ3) is 3.17. The van der Waals surface area contributed by atoms with Gasteiger partial charge in [0.05, 0.1) is 5.69 Å². The summed E-state index contributed by atoms with van der Waals surface area (Å²) in [4.78, 5) is 13.6. The second-order valence-corrected chi connectivity index (χ2v) is 3.52. The Morgan fingerprint density at radius 2 is 1.94 bits per heavy atom. The molecular weight excluding hydrogens is 219 g/mol. The maximum absolute atomic E-state index is 13.0. The third-order valence-electron chi connectivity index (χ3n) is 2.23. The first-order valence-corrected chi connectivity index (χ1v) is 5.16. The van der Waals surface area contributed by atoms with Gasteiger partial charge in [-0.25, -0.2) is 4.39 Å². The molecule has 0 radical (unpaired) electrons. The van der Waals surface area contributed by atoms with Crippen LogP contribution in [0.4, 0.5) is 10.1 Å². The summed E-state index contributed by atoms with van der Waals surface area (Å²) in [6, 6.07) is 3.92. The standard InChI is InChI=1S/C13H15FN2O/c1-3-7-16(8-4-2)13(17)10-5-6-11(14)12(15)9-10/h3-6,9H,1-2,7-8,15H2. The van der Waals surface area contributed by atoms with Crippen molar-refractivity contribution in [2.45, 2.75) is 0 Å². The molecule has 1 aromatic carbocycles. The van der Waals surface area contributed by atoms with E-state index in [0.717, 1.165) is 0 Å². The van der Waals surface area contributed by atoms with Gasteiger partial charge in [0.1, 0.15) is 5.82 Å². The Labute approximate surface area is 100 Å². The van der Waals surface area contributed by atoms with E-state index >= 15 is 0 Å². The number of nitrogen functional groups attached to an aromatic ring is 1. The number of hydrogen-bond acceptors (Lipinski definition) is 2. The summed E-state index contributed by atoms with van der Waals surface area (Å²) in [7, 11) is 0. The molecule has 17 heavy (non-hydrogen) atoms. The highest BCUT2D eigenvalue weighted by Crippen LogP contribution is 2.14. The maximum Gasteiger partial charge on any atom is 0.254 e. The van der Waals surface area contributed by atoms with Crippen molar-refractivity contribution in [2.75, 3.05) is 18.8 Å². The molecule has 0 atom stereocenters. The largest absolute Gasteiger partial charge is 0.396 e. The minimum Gasteiger partial charge on any atom is -0.396 e.